The molecule has 0 aromatic carbocycles. The molecule has 2 heteroatoms. The van der Waals surface area contributed by atoms with Crippen LogP contribution in [-0.2, 0) is 6.42 Å². The molecular formula is C23H29NO. The summed E-state index contributed by atoms with van der Waals surface area (Å²) in [6.45, 7) is 7.38. The van der Waals surface area contributed by atoms with Gasteiger partial charge in [-0.1, -0.05) is 30.5 Å². The first-order valence-electron chi connectivity index (χ1n) is 10.0. The quantitative estimate of drug-likeness (QED) is 0.585. The van der Waals surface area contributed by atoms with Crippen LogP contribution in [-0.4, -0.2) is 5.16 Å². The van der Waals surface area contributed by atoms with Crippen molar-refractivity contribution < 1.29 is 4.52 Å². The number of hydrogen-bond donors (Lipinski definition) is 0. The molecule has 3 saturated carbocycles. The molecule has 0 aliphatic heterocycles. The number of terminal acetylenes is 1. The SMILES string of the molecule is C#C[C@]1(C)CC[C@H]2[C@@H]3CCC4=Cc5oncc5C[C@]4(C)[C@H]3CC[C@@]21C. The zero-order chi connectivity index (χ0) is 17.4. The monoisotopic (exact) mass is 335 g/mol. The Morgan fingerprint density at radius 1 is 1.16 bits per heavy atom. The van der Waals surface area contributed by atoms with Gasteiger partial charge in [0.05, 0.1) is 6.20 Å². The highest BCUT2D eigenvalue weighted by Gasteiger charge is 2.62. The minimum atomic E-state index is 0.0911. The summed E-state index contributed by atoms with van der Waals surface area (Å²) >= 11 is 0. The zero-order valence-electron chi connectivity index (χ0n) is 15.8. The van der Waals surface area contributed by atoms with Crippen LogP contribution >= 0.6 is 0 Å². The number of fused-ring (bicyclic) bond motifs is 6. The van der Waals surface area contributed by atoms with Crippen LogP contribution in [0.5, 0.6) is 0 Å². The lowest BCUT2D eigenvalue weighted by molar-refractivity contribution is -0.0571. The highest BCUT2D eigenvalue weighted by Crippen LogP contribution is 2.69. The second-order valence-electron chi connectivity index (χ2n) is 9.87. The minimum absolute atomic E-state index is 0.0911. The summed E-state index contributed by atoms with van der Waals surface area (Å²) in [7, 11) is 0. The summed E-state index contributed by atoms with van der Waals surface area (Å²) in [5, 5.41) is 4.05. The molecule has 25 heavy (non-hydrogen) atoms. The van der Waals surface area contributed by atoms with E-state index in [1.165, 1.54) is 44.1 Å². The van der Waals surface area contributed by atoms with E-state index in [0.29, 0.717) is 5.41 Å². The van der Waals surface area contributed by atoms with Crippen LogP contribution in [0, 0.1) is 46.3 Å². The van der Waals surface area contributed by atoms with Crippen molar-refractivity contribution in [2.45, 2.75) is 65.7 Å². The summed E-state index contributed by atoms with van der Waals surface area (Å²) in [6, 6.07) is 0. The summed E-state index contributed by atoms with van der Waals surface area (Å²) in [4.78, 5) is 0. The molecule has 0 spiro atoms. The van der Waals surface area contributed by atoms with E-state index >= 15 is 0 Å². The van der Waals surface area contributed by atoms with Crippen molar-refractivity contribution >= 4 is 6.08 Å². The van der Waals surface area contributed by atoms with Gasteiger partial charge in [-0.15, -0.1) is 6.42 Å². The predicted octanol–water partition coefficient (Wildman–Crippen LogP) is 5.50. The van der Waals surface area contributed by atoms with Crippen LogP contribution in [0.1, 0.15) is 70.6 Å². The smallest absolute Gasteiger partial charge is 0.162 e. The van der Waals surface area contributed by atoms with Crippen LogP contribution in [0.3, 0.4) is 0 Å². The van der Waals surface area contributed by atoms with E-state index in [9.17, 15) is 0 Å². The Hall–Kier alpha value is -1.49. The van der Waals surface area contributed by atoms with E-state index in [4.69, 9.17) is 10.9 Å². The molecule has 4 aliphatic carbocycles. The molecule has 6 atom stereocenters. The highest BCUT2D eigenvalue weighted by molar-refractivity contribution is 5.57. The molecule has 1 aromatic rings. The topological polar surface area (TPSA) is 26.0 Å². The standard InChI is InChI=1S/C23H29NO/c1-5-21(2)10-8-19-17-7-6-16-12-20-15(14-24-25-20)13-22(16,3)18(17)9-11-23(19,21)4/h1,12,14,17-19H,6-11,13H2,2-4H3/t17-,18+,19+,21-,22+,23+/m1/s1. The van der Waals surface area contributed by atoms with Gasteiger partial charge in [0.1, 0.15) is 0 Å². The molecule has 0 saturated heterocycles. The fourth-order valence-corrected chi connectivity index (χ4v) is 7.39. The van der Waals surface area contributed by atoms with Gasteiger partial charge in [0.15, 0.2) is 5.76 Å². The third-order valence-electron chi connectivity index (χ3n) is 9.20. The van der Waals surface area contributed by atoms with E-state index in [1.807, 2.05) is 6.20 Å². The first-order chi connectivity index (χ1) is 11.9. The second-order valence-corrected chi connectivity index (χ2v) is 9.87. The first-order valence-corrected chi connectivity index (χ1v) is 10.0. The Labute approximate surface area is 151 Å². The third kappa shape index (κ3) is 1.80. The van der Waals surface area contributed by atoms with Crippen molar-refractivity contribution in [3.05, 3.63) is 23.1 Å². The predicted molar refractivity (Wildman–Crippen MR) is 99.5 cm³/mol. The van der Waals surface area contributed by atoms with Gasteiger partial charge in [-0.2, -0.15) is 0 Å². The Bertz CT molecular complexity index is 797. The van der Waals surface area contributed by atoms with Gasteiger partial charge >= 0.3 is 0 Å². The molecule has 1 heterocycles. The maximum atomic E-state index is 6.03. The van der Waals surface area contributed by atoms with Crippen molar-refractivity contribution in [1.29, 1.82) is 0 Å². The average Bonchev–Trinajstić information content (AvgIpc) is 3.14. The van der Waals surface area contributed by atoms with Crippen molar-refractivity contribution in [3.8, 4) is 12.3 Å². The van der Waals surface area contributed by atoms with Crippen LogP contribution in [0.25, 0.3) is 6.08 Å². The lowest BCUT2D eigenvalue weighted by Crippen LogP contribution is -2.52. The van der Waals surface area contributed by atoms with E-state index in [2.05, 4.69) is 37.9 Å². The Morgan fingerprint density at radius 3 is 2.76 bits per heavy atom. The fraction of sp³-hybridized carbons (Fsp3) is 0.696. The van der Waals surface area contributed by atoms with Gasteiger partial charge in [-0.25, -0.2) is 0 Å². The molecule has 0 unspecified atom stereocenters. The molecule has 5 rings (SSSR count). The van der Waals surface area contributed by atoms with Gasteiger partial charge in [0.2, 0.25) is 0 Å². The van der Waals surface area contributed by atoms with Crippen molar-refractivity contribution in [3.63, 3.8) is 0 Å². The lowest BCUT2D eigenvalue weighted by atomic mass is 9.45. The van der Waals surface area contributed by atoms with Gasteiger partial charge in [0, 0.05) is 11.0 Å². The molecule has 1 aromatic heterocycles. The molecule has 3 fully saturated rings. The van der Waals surface area contributed by atoms with E-state index in [1.54, 1.807) is 5.57 Å². The lowest BCUT2D eigenvalue weighted by Gasteiger charge is -2.59. The van der Waals surface area contributed by atoms with Crippen LogP contribution in [0.4, 0.5) is 0 Å². The van der Waals surface area contributed by atoms with E-state index < -0.39 is 0 Å². The average molecular weight is 335 g/mol. The molecule has 0 amide bonds. The van der Waals surface area contributed by atoms with Crippen molar-refractivity contribution in [1.82, 2.24) is 5.16 Å². The number of nitrogens with zero attached hydrogens (tertiary/aromatic N) is 1. The third-order valence-corrected chi connectivity index (χ3v) is 9.20. The molecule has 132 valence electrons. The summed E-state index contributed by atoms with van der Waals surface area (Å²) in [5.74, 6) is 6.64. The molecule has 4 aliphatic rings. The Balaban J connectivity index is 1.53. The summed E-state index contributed by atoms with van der Waals surface area (Å²) in [5.41, 5.74) is 3.63. The van der Waals surface area contributed by atoms with E-state index in [-0.39, 0.29) is 10.8 Å². The number of hydrogen-bond acceptors (Lipinski definition) is 2. The fourth-order valence-electron chi connectivity index (χ4n) is 7.39. The van der Waals surface area contributed by atoms with E-state index in [0.717, 1.165) is 29.9 Å². The molecule has 0 radical (unpaired) electrons. The van der Waals surface area contributed by atoms with Gasteiger partial charge in [-0.3, -0.25) is 0 Å². The van der Waals surface area contributed by atoms with Crippen molar-refractivity contribution in [2.75, 3.05) is 0 Å². The van der Waals surface area contributed by atoms with Crippen LogP contribution < -0.4 is 0 Å². The maximum Gasteiger partial charge on any atom is 0.162 e. The molecule has 0 N–H and O–H groups in total. The number of aromatic nitrogens is 1. The van der Waals surface area contributed by atoms with Gasteiger partial charge < -0.3 is 4.52 Å². The van der Waals surface area contributed by atoms with Crippen LogP contribution in [0.15, 0.2) is 16.3 Å². The summed E-state index contributed by atoms with van der Waals surface area (Å²) in [6.07, 6.45) is 19.1. The maximum absolute atomic E-state index is 6.03. The number of allylic oxidation sites excluding steroid dienone is 1. The summed E-state index contributed by atoms with van der Waals surface area (Å²) < 4.78 is 5.46. The molecule has 2 nitrogen and oxygen atoms in total. The molecular weight excluding hydrogens is 306 g/mol. The Morgan fingerprint density at radius 2 is 1.96 bits per heavy atom. The second kappa shape index (κ2) is 4.81. The first kappa shape index (κ1) is 15.7. The minimum Gasteiger partial charge on any atom is -0.357 e. The van der Waals surface area contributed by atoms with Crippen LogP contribution in [0.2, 0.25) is 0 Å². The zero-order valence-corrected chi connectivity index (χ0v) is 15.8. The molecule has 0 bridgehead atoms. The Kier molecular flexibility index (Phi) is 3.03. The largest absolute Gasteiger partial charge is 0.357 e. The van der Waals surface area contributed by atoms with Gasteiger partial charge in [-0.05, 0) is 86.5 Å². The number of rotatable bonds is 0. The van der Waals surface area contributed by atoms with Gasteiger partial charge in [0.25, 0.3) is 0 Å². The highest BCUT2D eigenvalue weighted by atomic mass is 16.5. The van der Waals surface area contributed by atoms with Crippen molar-refractivity contribution in [2.24, 2.45) is 34.0 Å². The normalized spacial score (nSPS) is 47.8.